The first-order chi connectivity index (χ1) is 9.53. The molecule has 0 unspecified atom stereocenters. The van der Waals surface area contributed by atoms with Gasteiger partial charge in [0.1, 0.15) is 10.7 Å². The number of sulfonamides is 1. The van der Waals surface area contributed by atoms with Crippen LogP contribution in [0.15, 0.2) is 27.5 Å². The lowest BCUT2D eigenvalue weighted by molar-refractivity contribution is 0.592. The van der Waals surface area contributed by atoms with Crippen molar-refractivity contribution in [2.75, 3.05) is 11.1 Å². The van der Waals surface area contributed by atoms with Crippen LogP contribution < -0.4 is 5.32 Å². The molecule has 7 heteroatoms. The van der Waals surface area contributed by atoms with Crippen LogP contribution in [0.2, 0.25) is 0 Å². The summed E-state index contributed by atoms with van der Waals surface area (Å²) in [5, 5.41) is 3.30. The maximum Gasteiger partial charge on any atom is 0.286 e. The van der Waals surface area contributed by atoms with Gasteiger partial charge in [-0.2, -0.15) is 8.42 Å². The number of halogens is 1. The zero-order valence-corrected chi connectivity index (χ0v) is 12.9. The Hall–Kier alpha value is -1.08. The molecule has 0 aliphatic carbocycles. The monoisotopic (exact) mass is 316 g/mol. The van der Waals surface area contributed by atoms with Gasteiger partial charge in [0.2, 0.25) is 0 Å². The third-order valence-corrected chi connectivity index (χ3v) is 5.29. The molecule has 1 N–H and O–H groups in total. The molecule has 0 radical (unpaired) electrons. The van der Waals surface area contributed by atoms with Gasteiger partial charge in [0.05, 0.1) is 5.69 Å². The van der Waals surface area contributed by atoms with Crippen LogP contribution in [0.4, 0.5) is 10.1 Å². The number of benzene rings is 1. The second-order valence-corrected chi connectivity index (χ2v) is 7.20. The van der Waals surface area contributed by atoms with Gasteiger partial charge in [-0.3, -0.25) is 0 Å². The minimum Gasteiger partial charge on any atom is -0.333 e. The Balaban J connectivity index is 2.05. The summed E-state index contributed by atoms with van der Waals surface area (Å²) in [6.07, 6.45) is 4.50. The van der Waals surface area contributed by atoms with E-state index < -0.39 is 15.8 Å². The summed E-state index contributed by atoms with van der Waals surface area (Å²) in [6, 6.07) is 3.65. The highest BCUT2D eigenvalue weighted by atomic mass is 32.2. The van der Waals surface area contributed by atoms with Crippen molar-refractivity contribution in [2.24, 2.45) is 4.40 Å². The first-order valence-electron chi connectivity index (χ1n) is 6.57. The Morgan fingerprint density at radius 1 is 1.30 bits per heavy atom. The highest BCUT2D eigenvalue weighted by molar-refractivity contribution is 8.14. The fraction of sp³-hybridized carbons (Fsp3) is 0.462. The van der Waals surface area contributed by atoms with Gasteiger partial charge < -0.3 is 5.32 Å². The molecule has 0 saturated carbocycles. The Labute approximate surface area is 122 Å². The number of anilines is 1. The van der Waals surface area contributed by atoms with Gasteiger partial charge in [-0.15, -0.1) is 4.40 Å². The summed E-state index contributed by atoms with van der Waals surface area (Å²) in [4.78, 5) is -0.104. The Morgan fingerprint density at radius 2 is 2.10 bits per heavy atom. The number of fused-ring (bicyclic) bond motifs is 1. The van der Waals surface area contributed by atoms with Crippen molar-refractivity contribution in [2.45, 2.75) is 37.5 Å². The molecule has 1 aromatic rings. The van der Waals surface area contributed by atoms with E-state index >= 15 is 0 Å². The number of nitrogens with zero attached hydrogens (tertiary/aromatic N) is 1. The summed E-state index contributed by atoms with van der Waals surface area (Å²) in [6.45, 7) is 2.14. The molecule has 2 rings (SSSR count). The molecule has 0 saturated heterocycles. The molecule has 0 fully saturated rings. The van der Waals surface area contributed by atoms with Crippen molar-refractivity contribution in [3.63, 3.8) is 0 Å². The molecule has 1 aromatic carbocycles. The van der Waals surface area contributed by atoms with Gasteiger partial charge in [-0.05, 0) is 24.6 Å². The number of hydrogen-bond donors (Lipinski definition) is 1. The fourth-order valence-electron chi connectivity index (χ4n) is 1.87. The number of unbranched alkanes of at least 4 members (excludes halogenated alkanes) is 3. The highest BCUT2D eigenvalue weighted by Crippen LogP contribution is 2.30. The van der Waals surface area contributed by atoms with Crippen molar-refractivity contribution in [1.29, 1.82) is 0 Å². The van der Waals surface area contributed by atoms with Crippen LogP contribution in [-0.4, -0.2) is 19.3 Å². The van der Waals surface area contributed by atoms with Gasteiger partial charge in [-0.1, -0.05) is 37.9 Å². The maximum atomic E-state index is 13.1. The zero-order valence-electron chi connectivity index (χ0n) is 11.2. The number of nitrogens with one attached hydrogen (secondary N) is 1. The summed E-state index contributed by atoms with van der Waals surface area (Å²) >= 11 is 1.38. The molecule has 110 valence electrons. The van der Waals surface area contributed by atoms with Crippen molar-refractivity contribution in [1.82, 2.24) is 0 Å². The molecule has 4 nitrogen and oxygen atoms in total. The van der Waals surface area contributed by atoms with Gasteiger partial charge >= 0.3 is 0 Å². The molecular formula is C13H17FN2O2S2. The second kappa shape index (κ2) is 6.58. The zero-order chi connectivity index (χ0) is 14.6. The standard InChI is InChI=1S/C13H17FN2O2S2/c1-2-3-4-5-8-19-13-15-11-7-6-10(14)9-12(11)20(17,18)16-13/h6-7,9H,2-5,8H2,1H3,(H,15,16). The van der Waals surface area contributed by atoms with Crippen LogP contribution in [-0.2, 0) is 10.0 Å². The lowest BCUT2D eigenvalue weighted by Gasteiger charge is -2.17. The normalized spacial score (nSPS) is 16.2. The van der Waals surface area contributed by atoms with Crippen LogP contribution in [0.25, 0.3) is 0 Å². The minimum absolute atomic E-state index is 0.104. The Kier molecular flexibility index (Phi) is 5.04. The third-order valence-electron chi connectivity index (χ3n) is 2.90. The van der Waals surface area contributed by atoms with Crippen molar-refractivity contribution >= 4 is 32.6 Å². The van der Waals surface area contributed by atoms with Gasteiger partial charge in [0.25, 0.3) is 10.0 Å². The maximum absolute atomic E-state index is 13.1. The quantitative estimate of drug-likeness (QED) is 0.843. The molecule has 20 heavy (non-hydrogen) atoms. The summed E-state index contributed by atoms with van der Waals surface area (Å²) < 4.78 is 40.7. The van der Waals surface area contributed by atoms with E-state index in [4.69, 9.17) is 0 Å². The molecular weight excluding hydrogens is 299 g/mol. The lowest BCUT2D eigenvalue weighted by Crippen LogP contribution is -2.19. The highest BCUT2D eigenvalue weighted by Gasteiger charge is 2.25. The molecule has 0 atom stereocenters. The fourth-order valence-corrected chi connectivity index (χ4v) is 4.12. The SMILES string of the molecule is CCCCCCSC1=NS(=O)(=O)c2cc(F)ccc2N1. The molecule has 0 bridgehead atoms. The second-order valence-electron chi connectivity index (χ2n) is 4.55. The topological polar surface area (TPSA) is 58.5 Å². The van der Waals surface area contributed by atoms with Gasteiger partial charge in [-0.25, -0.2) is 4.39 Å². The molecule has 0 amide bonds. The van der Waals surface area contributed by atoms with Crippen LogP contribution in [0, 0.1) is 5.82 Å². The average Bonchev–Trinajstić information content (AvgIpc) is 2.39. The number of thioether (sulfide) groups is 1. The van der Waals surface area contributed by atoms with Crippen molar-refractivity contribution < 1.29 is 12.8 Å². The van der Waals surface area contributed by atoms with Gasteiger partial charge in [0, 0.05) is 5.75 Å². The van der Waals surface area contributed by atoms with E-state index in [0.717, 1.165) is 31.1 Å². The van der Waals surface area contributed by atoms with E-state index in [2.05, 4.69) is 16.6 Å². The summed E-state index contributed by atoms with van der Waals surface area (Å²) in [5.41, 5.74) is 0.387. The molecule has 1 aliphatic rings. The lowest BCUT2D eigenvalue weighted by atomic mass is 10.2. The van der Waals surface area contributed by atoms with Crippen molar-refractivity contribution in [3.05, 3.63) is 24.0 Å². The first-order valence-corrected chi connectivity index (χ1v) is 9.00. The molecule has 0 spiro atoms. The average molecular weight is 316 g/mol. The van der Waals surface area contributed by atoms with E-state index in [1.807, 2.05) is 0 Å². The van der Waals surface area contributed by atoms with E-state index in [-0.39, 0.29) is 4.90 Å². The summed E-state index contributed by atoms with van der Waals surface area (Å²) in [5.74, 6) is 0.234. The predicted octanol–water partition coefficient (Wildman–Crippen LogP) is 3.61. The predicted molar refractivity (Wildman–Crippen MR) is 81.2 cm³/mol. The molecule has 0 aromatic heterocycles. The first kappa shape index (κ1) is 15.3. The number of rotatable bonds is 5. The number of hydrogen-bond acceptors (Lipinski definition) is 4. The van der Waals surface area contributed by atoms with Crippen LogP contribution in [0.1, 0.15) is 32.6 Å². The van der Waals surface area contributed by atoms with Crippen LogP contribution in [0.3, 0.4) is 0 Å². The largest absolute Gasteiger partial charge is 0.333 e. The van der Waals surface area contributed by atoms with Gasteiger partial charge in [0.15, 0.2) is 5.17 Å². The van der Waals surface area contributed by atoms with E-state index in [1.54, 1.807) is 0 Å². The van der Waals surface area contributed by atoms with E-state index in [0.29, 0.717) is 10.9 Å². The third kappa shape index (κ3) is 3.73. The summed E-state index contributed by atoms with van der Waals surface area (Å²) in [7, 11) is -3.80. The van der Waals surface area contributed by atoms with E-state index in [9.17, 15) is 12.8 Å². The Morgan fingerprint density at radius 3 is 2.85 bits per heavy atom. The van der Waals surface area contributed by atoms with Crippen molar-refractivity contribution in [3.8, 4) is 0 Å². The Bertz CT molecular complexity index is 615. The van der Waals surface area contributed by atoms with Crippen LogP contribution in [0.5, 0.6) is 0 Å². The number of amidine groups is 1. The van der Waals surface area contributed by atoms with Crippen LogP contribution >= 0.6 is 11.8 Å². The molecule has 1 aliphatic heterocycles. The molecule has 1 heterocycles. The minimum atomic E-state index is -3.80. The van der Waals surface area contributed by atoms with E-state index in [1.165, 1.54) is 30.3 Å². The smallest absolute Gasteiger partial charge is 0.286 e.